The highest BCUT2D eigenvalue weighted by molar-refractivity contribution is 5.95. The highest BCUT2D eigenvalue weighted by Gasteiger charge is 2.23. The van der Waals surface area contributed by atoms with Crippen LogP contribution in [0.15, 0.2) is 48.5 Å². The number of ketones is 1. The van der Waals surface area contributed by atoms with Gasteiger partial charge in [0.2, 0.25) is 0 Å². The Morgan fingerprint density at radius 3 is 2.50 bits per heavy atom. The summed E-state index contributed by atoms with van der Waals surface area (Å²) in [6.45, 7) is 0.998. The minimum atomic E-state index is -1.47. The second-order valence-electron chi connectivity index (χ2n) is 5.74. The van der Waals surface area contributed by atoms with E-state index in [-0.39, 0.29) is 24.3 Å². The molecule has 0 aliphatic rings. The number of carbonyl (C=O) groups excluding carboxylic acids is 2. The zero-order valence-electron chi connectivity index (χ0n) is 14.2. The van der Waals surface area contributed by atoms with Gasteiger partial charge in [-0.05, 0) is 30.2 Å². The fourth-order valence-corrected chi connectivity index (χ4v) is 2.37. The van der Waals surface area contributed by atoms with Crippen LogP contribution in [-0.2, 0) is 11.3 Å². The van der Waals surface area contributed by atoms with Gasteiger partial charge >= 0.3 is 6.09 Å². The molecule has 0 heterocycles. The van der Waals surface area contributed by atoms with Crippen molar-refractivity contribution >= 4 is 11.9 Å². The van der Waals surface area contributed by atoms with Crippen molar-refractivity contribution in [3.05, 3.63) is 71.0 Å². The Kier molecular flexibility index (Phi) is 6.82. The third-order valence-electron chi connectivity index (χ3n) is 3.75. The van der Waals surface area contributed by atoms with Crippen molar-refractivity contribution in [2.75, 3.05) is 6.54 Å². The molecule has 3 N–H and O–H groups in total. The van der Waals surface area contributed by atoms with Crippen molar-refractivity contribution in [2.24, 2.45) is 0 Å². The van der Waals surface area contributed by atoms with Crippen LogP contribution in [0.1, 0.15) is 34.5 Å². The highest BCUT2D eigenvalue weighted by atomic mass is 19.1. The largest absolute Gasteiger partial charge is 0.445 e. The molecule has 2 aromatic rings. The van der Waals surface area contributed by atoms with Gasteiger partial charge in [0.1, 0.15) is 24.6 Å². The number of ether oxygens (including phenoxy) is 1. The summed E-state index contributed by atoms with van der Waals surface area (Å²) in [6, 6.07) is 12.4. The monoisotopic (exact) mass is 361 g/mol. The second-order valence-corrected chi connectivity index (χ2v) is 5.74. The van der Waals surface area contributed by atoms with Crippen LogP contribution in [0.2, 0.25) is 0 Å². The lowest BCUT2D eigenvalue weighted by molar-refractivity contribution is 0.0179. The number of nitrogens with one attached hydrogen (secondary N) is 1. The number of carbonyl (C=O) groups is 2. The lowest BCUT2D eigenvalue weighted by Gasteiger charge is -2.20. The number of hydrogen-bond donors (Lipinski definition) is 3. The average molecular weight is 361 g/mol. The summed E-state index contributed by atoms with van der Waals surface area (Å²) in [5.41, 5.74) is 0.870. The first kappa shape index (κ1) is 19.6. The maximum Gasteiger partial charge on any atom is 0.407 e. The van der Waals surface area contributed by atoms with Crippen LogP contribution in [0.5, 0.6) is 0 Å². The Morgan fingerprint density at radius 1 is 1.15 bits per heavy atom. The number of hydrogen-bond acceptors (Lipinski definition) is 5. The van der Waals surface area contributed by atoms with Crippen LogP contribution in [0.25, 0.3) is 0 Å². The van der Waals surface area contributed by atoms with E-state index in [4.69, 9.17) is 4.74 Å². The van der Waals surface area contributed by atoms with Crippen LogP contribution in [0.4, 0.5) is 9.18 Å². The number of amides is 1. The van der Waals surface area contributed by atoms with Crippen LogP contribution >= 0.6 is 0 Å². The van der Waals surface area contributed by atoms with Gasteiger partial charge in [-0.2, -0.15) is 0 Å². The van der Waals surface area contributed by atoms with E-state index in [1.165, 1.54) is 13.0 Å². The van der Waals surface area contributed by atoms with Crippen molar-refractivity contribution in [3.8, 4) is 0 Å². The maximum absolute atomic E-state index is 13.3. The first-order valence-corrected chi connectivity index (χ1v) is 7.99. The lowest BCUT2D eigenvalue weighted by Crippen LogP contribution is -2.36. The molecule has 6 nitrogen and oxygen atoms in total. The standard InChI is InChI=1S/C19H20FNO5/c1-12(22)16-9-14(20)7-8-15(16)18(24)17(23)10-21-19(25)26-11-13-5-3-2-4-6-13/h2-9,17-18,23-24H,10-11H2,1H3,(H,21,25). The topological polar surface area (TPSA) is 95.9 Å². The predicted molar refractivity (Wildman–Crippen MR) is 92.0 cm³/mol. The number of alkyl carbamates (subject to hydrolysis) is 1. The van der Waals surface area contributed by atoms with Gasteiger partial charge < -0.3 is 20.3 Å². The van der Waals surface area contributed by atoms with Gasteiger partial charge in [-0.15, -0.1) is 0 Å². The smallest absolute Gasteiger partial charge is 0.407 e. The summed E-state index contributed by atoms with van der Waals surface area (Å²) in [5, 5.41) is 22.6. The maximum atomic E-state index is 13.3. The number of benzene rings is 2. The molecule has 2 rings (SSSR count). The molecule has 0 aliphatic carbocycles. The molecular formula is C19H20FNO5. The Hall–Kier alpha value is -2.77. The number of Topliss-reactive ketones (excluding diaryl/α,β-unsaturated/α-hetero) is 1. The van der Waals surface area contributed by atoms with E-state index >= 15 is 0 Å². The molecule has 2 unspecified atom stereocenters. The number of aliphatic hydroxyl groups excluding tert-OH is 2. The molecule has 2 atom stereocenters. The molecule has 0 radical (unpaired) electrons. The second kappa shape index (κ2) is 9.07. The molecule has 0 aliphatic heterocycles. The number of aliphatic hydroxyl groups is 2. The zero-order chi connectivity index (χ0) is 19.1. The van der Waals surface area contributed by atoms with Crippen molar-refractivity contribution in [2.45, 2.75) is 25.7 Å². The molecule has 0 fully saturated rings. The van der Waals surface area contributed by atoms with E-state index < -0.39 is 29.9 Å². The summed E-state index contributed by atoms with van der Waals surface area (Å²) in [7, 11) is 0. The van der Waals surface area contributed by atoms with E-state index in [2.05, 4.69) is 5.32 Å². The molecule has 7 heteroatoms. The summed E-state index contributed by atoms with van der Waals surface area (Å²) in [5.74, 6) is -1.07. The first-order chi connectivity index (χ1) is 12.4. The van der Waals surface area contributed by atoms with Gasteiger partial charge in [-0.3, -0.25) is 4.79 Å². The van der Waals surface area contributed by atoms with E-state index in [1.54, 1.807) is 12.1 Å². The Labute approximate surface area is 150 Å². The minimum absolute atomic E-state index is 0.0248. The number of rotatable bonds is 7. The third kappa shape index (κ3) is 5.37. The van der Waals surface area contributed by atoms with E-state index in [9.17, 15) is 24.2 Å². The van der Waals surface area contributed by atoms with Gasteiger partial charge in [0, 0.05) is 12.1 Å². The molecule has 0 saturated carbocycles. The van der Waals surface area contributed by atoms with Crippen molar-refractivity contribution in [1.82, 2.24) is 5.32 Å². The van der Waals surface area contributed by atoms with Gasteiger partial charge in [0.25, 0.3) is 0 Å². The Morgan fingerprint density at radius 2 is 1.85 bits per heavy atom. The van der Waals surface area contributed by atoms with Crippen LogP contribution in [-0.4, -0.2) is 34.7 Å². The molecule has 0 aromatic heterocycles. The van der Waals surface area contributed by atoms with Crippen molar-refractivity contribution in [1.29, 1.82) is 0 Å². The van der Waals surface area contributed by atoms with Crippen LogP contribution < -0.4 is 5.32 Å². The van der Waals surface area contributed by atoms with Gasteiger partial charge in [-0.1, -0.05) is 36.4 Å². The molecular weight excluding hydrogens is 341 g/mol. The van der Waals surface area contributed by atoms with Crippen LogP contribution in [0.3, 0.4) is 0 Å². The molecule has 138 valence electrons. The quantitative estimate of drug-likeness (QED) is 0.658. The van der Waals surface area contributed by atoms with E-state index in [0.29, 0.717) is 0 Å². The zero-order valence-corrected chi connectivity index (χ0v) is 14.2. The Balaban J connectivity index is 1.90. The van der Waals surface area contributed by atoms with E-state index in [0.717, 1.165) is 17.7 Å². The highest BCUT2D eigenvalue weighted by Crippen LogP contribution is 2.22. The summed E-state index contributed by atoms with van der Waals surface area (Å²) in [6.07, 6.45) is -3.63. The summed E-state index contributed by atoms with van der Waals surface area (Å²) >= 11 is 0. The SMILES string of the molecule is CC(=O)c1cc(F)ccc1C(O)C(O)CNC(=O)OCc1ccccc1. The summed E-state index contributed by atoms with van der Waals surface area (Å²) in [4.78, 5) is 23.3. The molecule has 0 bridgehead atoms. The fraction of sp³-hybridized carbons (Fsp3) is 0.263. The minimum Gasteiger partial charge on any atom is -0.445 e. The van der Waals surface area contributed by atoms with Crippen LogP contribution in [0, 0.1) is 5.82 Å². The predicted octanol–water partition coefficient (Wildman–Crippen LogP) is 2.35. The normalized spacial score (nSPS) is 12.9. The fourth-order valence-electron chi connectivity index (χ4n) is 2.37. The van der Waals surface area contributed by atoms with Crippen molar-refractivity contribution < 1.29 is 28.9 Å². The molecule has 0 spiro atoms. The molecule has 1 amide bonds. The van der Waals surface area contributed by atoms with Crippen molar-refractivity contribution in [3.63, 3.8) is 0 Å². The number of halogens is 1. The third-order valence-corrected chi connectivity index (χ3v) is 3.75. The lowest BCUT2D eigenvalue weighted by atomic mass is 9.96. The molecule has 26 heavy (non-hydrogen) atoms. The average Bonchev–Trinajstić information content (AvgIpc) is 2.64. The Bertz CT molecular complexity index is 766. The molecule has 2 aromatic carbocycles. The van der Waals surface area contributed by atoms with E-state index in [1.807, 2.05) is 18.2 Å². The van der Waals surface area contributed by atoms with Gasteiger partial charge in [0.15, 0.2) is 5.78 Å². The first-order valence-electron chi connectivity index (χ1n) is 7.99. The van der Waals surface area contributed by atoms with Gasteiger partial charge in [-0.25, -0.2) is 9.18 Å². The van der Waals surface area contributed by atoms with Gasteiger partial charge in [0.05, 0.1) is 0 Å². The molecule has 0 saturated heterocycles. The summed E-state index contributed by atoms with van der Waals surface area (Å²) < 4.78 is 18.3.